The number of ketones is 1. The number of aliphatic hydroxyl groups is 4. The Morgan fingerprint density at radius 1 is 0.752 bits per heavy atom. The molecule has 17 N–H and O–H groups in total. The number of imidazole rings is 2. The third-order valence-electron chi connectivity index (χ3n) is 23.6. The van der Waals surface area contributed by atoms with Crippen molar-refractivity contribution in [3.05, 3.63) is 88.8 Å². The zero-order valence-corrected chi connectivity index (χ0v) is 65.2. The molecule has 11 rings (SSSR count). The average Bonchev–Trinajstić information content (AvgIpc) is 1.53. The van der Waals surface area contributed by atoms with E-state index < -0.39 is 162 Å². The monoisotopic (exact) mass is 1580 g/mol. The number of nitrogens with two attached hydrogens (primary N) is 6. The van der Waals surface area contributed by atoms with E-state index in [1.807, 2.05) is 80.5 Å². The van der Waals surface area contributed by atoms with Crippen molar-refractivity contribution in [2.75, 3.05) is 18.9 Å². The Morgan fingerprint density at radius 3 is 1.98 bits per heavy atom. The molecule has 3 aromatic heterocycles. The van der Waals surface area contributed by atoms with Gasteiger partial charge in [0.1, 0.15) is 42.0 Å². The number of phosphoric ester groups is 1. The van der Waals surface area contributed by atoms with Crippen LogP contribution in [0.5, 0.6) is 0 Å². The molecule has 3 fully saturated rings. The van der Waals surface area contributed by atoms with Crippen LogP contribution in [0.25, 0.3) is 27.5 Å². The summed E-state index contributed by atoms with van der Waals surface area (Å²) >= 11 is 0. The van der Waals surface area contributed by atoms with E-state index in [1.165, 1.54) is 42.0 Å². The minimum atomic E-state index is -5.31. The molecule has 4 aromatic rings. The number of carbonyl (C=O) groups excluding carboxylic acids is 7. The number of carbonyl (C=O) groups is 7. The fourth-order valence-corrected chi connectivity index (χ4v) is 18.5. The molecule has 19 atom stereocenters. The SMILES string of the molecule is CC(=O)CCC1C2=NC(=C\C3=NC(=C(/C)C4=NC(C)(C5[N-]/C(=C\2C)C(C)(CCC(=O)NCC(C)OP(=O)([O-])O[C@@H]2[C@@H](CO)OC(n6cnc7cc(C)c(C)cc76)[C@@H]2O)C5CC(N)=O)C(C)(CC(N)=O)C4CCC(N)=O)/C(C)(CC(N)=O)C3CCC(N)=O)/C1(C)C.[CH2-][C@H]1OC(n2cnc3c(N)ncnc32)[C@H](O)[C@H]1O.[Co+3]. The molecule has 0 aliphatic carbocycles. The van der Waals surface area contributed by atoms with Crippen molar-refractivity contribution in [3.8, 4) is 0 Å². The van der Waals surface area contributed by atoms with Gasteiger partial charge in [-0.1, -0.05) is 40.7 Å². The summed E-state index contributed by atoms with van der Waals surface area (Å²) in [4.78, 5) is 140. The molecule has 13 unspecified atom stereocenters. The van der Waals surface area contributed by atoms with Gasteiger partial charge in [-0.2, -0.15) is 5.70 Å². The van der Waals surface area contributed by atoms with Gasteiger partial charge in [-0.15, -0.1) is 0 Å². The minimum Gasteiger partial charge on any atom is -0.756 e. The van der Waals surface area contributed by atoms with Crippen LogP contribution < -0.4 is 44.6 Å². The second kappa shape index (κ2) is 32.3. The van der Waals surface area contributed by atoms with Crippen LogP contribution in [-0.4, -0.2) is 175 Å². The molecule has 109 heavy (non-hydrogen) atoms. The molecule has 8 bridgehead atoms. The van der Waals surface area contributed by atoms with Gasteiger partial charge in [0, 0.05) is 108 Å². The maximum Gasteiger partial charge on any atom is 3.00 e. The smallest absolute Gasteiger partial charge is 0.756 e. The van der Waals surface area contributed by atoms with E-state index in [1.54, 1.807) is 6.92 Å². The predicted molar refractivity (Wildman–Crippen MR) is 394 cm³/mol. The zero-order chi connectivity index (χ0) is 79.6. The number of fused-ring (bicyclic) bond motifs is 8. The Hall–Kier alpha value is -8.06. The number of hydrogen-bond acceptors (Lipinski definition) is 25. The van der Waals surface area contributed by atoms with E-state index in [0.717, 1.165) is 11.1 Å². The van der Waals surface area contributed by atoms with E-state index in [-0.39, 0.29) is 99.1 Å². The van der Waals surface area contributed by atoms with Gasteiger partial charge in [0.15, 0.2) is 23.9 Å². The van der Waals surface area contributed by atoms with Crippen molar-refractivity contribution >= 4 is 94.2 Å². The molecule has 34 nitrogen and oxygen atoms in total. The van der Waals surface area contributed by atoms with Crippen molar-refractivity contribution in [2.45, 2.75) is 220 Å². The Morgan fingerprint density at radius 2 is 1.38 bits per heavy atom. The number of primary amides is 5. The largest absolute Gasteiger partial charge is 3.00 e. The van der Waals surface area contributed by atoms with Crippen LogP contribution in [0.3, 0.4) is 0 Å². The molecular weight excluding hydrogens is 1480 g/mol. The van der Waals surface area contributed by atoms with Gasteiger partial charge in [0.25, 0.3) is 7.82 Å². The number of aromatic nitrogens is 6. The van der Waals surface area contributed by atoms with Gasteiger partial charge in [0.2, 0.25) is 35.4 Å². The second-order valence-corrected chi connectivity index (χ2v) is 32.7. The molecule has 0 radical (unpaired) electrons. The number of nitrogens with one attached hydrogen (secondary N) is 1. The summed E-state index contributed by atoms with van der Waals surface area (Å²) in [5.74, 6) is -6.45. The van der Waals surface area contributed by atoms with E-state index in [9.17, 15) is 63.4 Å². The molecule has 3 saturated heterocycles. The Kier molecular flexibility index (Phi) is 25.2. The van der Waals surface area contributed by atoms with Gasteiger partial charge in [-0.25, -0.2) is 19.9 Å². The Labute approximate surface area is 641 Å². The molecule has 6 amide bonds. The van der Waals surface area contributed by atoms with Gasteiger partial charge in [0.05, 0.1) is 53.7 Å². The first-order valence-electron chi connectivity index (χ1n) is 36.1. The van der Waals surface area contributed by atoms with E-state index in [4.69, 9.17) is 73.2 Å². The number of rotatable bonds is 27. The number of nitrogen functional groups attached to an aromatic ring is 1. The van der Waals surface area contributed by atoms with Crippen LogP contribution in [-0.2, 0) is 73.4 Å². The third-order valence-corrected chi connectivity index (χ3v) is 24.7. The molecular formula is C73H101CoN17O17P. The van der Waals surface area contributed by atoms with Crippen molar-refractivity contribution in [1.82, 2.24) is 34.4 Å². The number of ether oxygens (including phenoxy) is 2. The van der Waals surface area contributed by atoms with Crippen LogP contribution >= 0.6 is 7.82 Å². The number of aryl methyl sites for hydroxylation is 2. The van der Waals surface area contributed by atoms with Crippen molar-refractivity contribution in [1.29, 1.82) is 0 Å². The van der Waals surface area contributed by atoms with Crippen LogP contribution in [0.1, 0.15) is 163 Å². The standard InChI is InChI=1S/C63H91N12O14P.C10H12N5O3.Co/c1-30-21-41-42(22-31(30)2)75(29-70-41)58-53(84)54(43(28-76)87-58)89-90(85,86)88-33(4)27-69-50(83)19-20-60(9)39(23-47(66)80)57-63(12)62(11,26-49(68)82)38(16-18-46(65)79)52(74-63)35(6)56-61(10,25-48(67)81)36(15-17-45(64)78)40(71-56)24-44-59(7,8)37(14-13-32(3)77)51(72-44)34(5)55(60)73-57;1-4-6(16)7(17)10(18-4)15-3-14-5-8(11)12-2-13-9(5)15;/h21-22,24,29,33,36-39,43,53-54,57-58,76,84H,13-20,23,25-28H2,1-12H3,(H13,64,65,66,67,68,69,71,72,73,74,78,79,80,81,82,83,85,86);2-4,6-7,10,16-17H,1H2,(H2,11,12,13);/q;-1;+3/p-2/t33?,36?,37?,38?,39?,43-,53-,54-,57?,58?,60?,61?,62?,63?;4-,6+,7-,10?;/m11./s1. The van der Waals surface area contributed by atoms with Crippen LogP contribution in [0.4, 0.5) is 5.82 Å². The quantitative estimate of drug-likeness (QED) is 0.0301. The first kappa shape index (κ1) is 84.9. The summed E-state index contributed by atoms with van der Waals surface area (Å²) in [6, 6.07) is 2.68. The fraction of sp³-hybridized carbons (Fsp3) is 0.603. The molecule has 0 saturated carbocycles. The predicted octanol–water partition coefficient (Wildman–Crippen LogP) is 3.28. The molecule has 7 aliphatic rings. The van der Waals surface area contributed by atoms with E-state index >= 15 is 0 Å². The van der Waals surface area contributed by atoms with Crippen LogP contribution in [0, 0.1) is 66.1 Å². The summed E-state index contributed by atoms with van der Waals surface area (Å²) < 4.78 is 38.8. The number of hydrogen-bond donors (Lipinski definition) is 11. The number of aliphatic hydroxyl groups excluding tert-OH is 4. The molecule has 1 aromatic carbocycles. The average molecular weight is 1580 g/mol. The topological polar surface area (TPSA) is 558 Å². The van der Waals surface area contributed by atoms with Gasteiger partial charge in [-0.3, -0.25) is 52.9 Å². The summed E-state index contributed by atoms with van der Waals surface area (Å²) in [7, 11) is -5.31. The molecule has 7 aliphatic heterocycles. The summed E-state index contributed by atoms with van der Waals surface area (Å²) in [6.45, 7) is 24.3. The third kappa shape index (κ3) is 16.4. The number of nitrogens with zero attached hydrogens (tertiary/aromatic N) is 10. The number of amides is 6. The zero-order valence-electron chi connectivity index (χ0n) is 63.3. The first-order valence-corrected chi connectivity index (χ1v) is 37.5. The maximum atomic E-state index is 14.4. The number of benzene rings is 1. The normalized spacial score (nSPS) is 33.6. The Balaban J connectivity index is 0.000000623. The summed E-state index contributed by atoms with van der Waals surface area (Å²) in [5.41, 5.74) is 37.8. The maximum absolute atomic E-state index is 14.4. The van der Waals surface area contributed by atoms with Gasteiger partial charge < -0.3 is 105 Å². The second-order valence-electron chi connectivity index (χ2n) is 31.4. The summed E-state index contributed by atoms with van der Waals surface area (Å²) in [5, 5.41) is 49.7. The van der Waals surface area contributed by atoms with Crippen LogP contribution in [0.2, 0.25) is 0 Å². The summed E-state index contributed by atoms with van der Waals surface area (Å²) in [6.07, 6.45) is -5.15. The van der Waals surface area contributed by atoms with Crippen molar-refractivity contribution in [3.63, 3.8) is 0 Å². The molecule has 0 spiro atoms. The Bertz CT molecular complexity index is 4520. The number of anilines is 1. The number of allylic oxidation sites excluding steroid dienone is 6. The number of phosphoric acid groups is 1. The number of Topliss-reactive ketones (excluding diaryl/α,β-unsaturated/α-hetero) is 1. The van der Waals surface area contributed by atoms with E-state index in [2.05, 4.69) is 32.2 Å². The fourth-order valence-electron chi connectivity index (χ4n) is 17.4. The van der Waals surface area contributed by atoms with Crippen LogP contribution in [0.15, 0.2) is 80.4 Å². The van der Waals surface area contributed by atoms with E-state index in [0.29, 0.717) is 74.0 Å². The molecule has 36 heteroatoms. The van der Waals surface area contributed by atoms with Crippen molar-refractivity contribution < 1.29 is 98.7 Å². The number of aliphatic imine (C=N–C) groups is 3. The van der Waals surface area contributed by atoms with Crippen molar-refractivity contribution in [2.24, 2.45) is 89.0 Å². The molecule has 594 valence electrons. The first-order chi connectivity index (χ1) is 50.4. The molecule has 10 heterocycles. The minimum absolute atomic E-state index is 0. The van der Waals surface area contributed by atoms with Gasteiger partial charge in [-0.05, 0) is 132 Å². The van der Waals surface area contributed by atoms with Gasteiger partial charge >= 0.3 is 16.8 Å².